The Kier molecular flexibility index (Phi) is 4.25. The van der Waals surface area contributed by atoms with E-state index in [1.54, 1.807) is 29.6 Å². The van der Waals surface area contributed by atoms with Gasteiger partial charge in [-0.2, -0.15) is 0 Å². The van der Waals surface area contributed by atoms with Crippen molar-refractivity contribution in [2.45, 2.75) is 13.0 Å². The minimum absolute atomic E-state index is 0.183. The maximum Gasteiger partial charge on any atom is 0.251 e. The largest absolute Gasteiger partial charge is 0.550 e. The van der Waals surface area contributed by atoms with E-state index >= 15 is 0 Å². The monoisotopic (exact) mass is 275 g/mol. The second-order valence-electron chi connectivity index (χ2n) is 3.83. The molecule has 1 heterocycles. The molecule has 0 radical (unpaired) electrons. The fourth-order valence-corrected chi connectivity index (χ4v) is 2.24. The van der Waals surface area contributed by atoms with Crippen LogP contribution in [0.2, 0.25) is 0 Å². The molecule has 1 aromatic carbocycles. The molecular formula is C13H11N2O3S-. The van der Waals surface area contributed by atoms with E-state index in [9.17, 15) is 14.7 Å². The molecule has 6 heteroatoms. The second kappa shape index (κ2) is 6.10. The lowest BCUT2D eigenvalue weighted by atomic mass is 10.2. The van der Waals surface area contributed by atoms with Gasteiger partial charge in [0.2, 0.25) is 0 Å². The minimum Gasteiger partial charge on any atom is -0.550 e. The molecule has 0 atom stereocenters. The van der Waals surface area contributed by atoms with Crippen molar-refractivity contribution in [2.24, 2.45) is 0 Å². The molecule has 0 aliphatic heterocycles. The van der Waals surface area contributed by atoms with E-state index in [1.807, 2.05) is 6.07 Å². The molecule has 2 aromatic rings. The zero-order chi connectivity index (χ0) is 13.7. The molecule has 0 aliphatic rings. The van der Waals surface area contributed by atoms with Gasteiger partial charge in [-0.1, -0.05) is 18.2 Å². The molecule has 98 valence electrons. The number of thiazole rings is 1. The van der Waals surface area contributed by atoms with Gasteiger partial charge in [0.25, 0.3) is 5.91 Å². The Morgan fingerprint density at radius 2 is 2.00 bits per heavy atom. The number of aromatic nitrogens is 1. The maximum atomic E-state index is 11.8. The third-order valence-electron chi connectivity index (χ3n) is 2.36. The molecule has 0 bridgehead atoms. The zero-order valence-electron chi connectivity index (χ0n) is 9.96. The van der Waals surface area contributed by atoms with Gasteiger partial charge in [0.15, 0.2) is 0 Å². The predicted molar refractivity (Wildman–Crippen MR) is 68.4 cm³/mol. The Morgan fingerprint density at radius 1 is 1.26 bits per heavy atom. The van der Waals surface area contributed by atoms with Crippen LogP contribution in [-0.4, -0.2) is 16.9 Å². The molecule has 0 spiro atoms. The van der Waals surface area contributed by atoms with Gasteiger partial charge in [-0.25, -0.2) is 4.98 Å². The summed E-state index contributed by atoms with van der Waals surface area (Å²) in [7, 11) is 0. The van der Waals surface area contributed by atoms with Gasteiger partial charge in [0, 0.05) is 23.3 Å². The first-order valence-electron chi connectivity index (χ1n) is 5.61. The van der Waals surface area contributed by atoms with E-state index in [1.165, 1.54) is 11.3 Å². The highest BCUT2D eigenvalue weighted by Crippen LogP contribution is 2.10. The third-order valence-corrected chi connectivity index (χ3v) is 3.26. The normalized spacial score (nSPS) is 10.1. The van der Waals surface area contributed by atoms with Crippen LogP contribution in [0.15, 0.2) is 35.7 Å². The van der Waals surface area contributed by atoms with E-state index in [0.29, 0.717) is 16.3 Å². The van der Waals surface area contributed by atoms with Crippen molar-refractivity contribution in [3.8, 4) is 0 Å². The number of carboxylic acid groups (broad SMARTS) is 1. The fraction of sp³-hybridized carbons (Fsp3) is 0.154. The Morgan fingerprint density at radius 3 is 2.68 bits per heavy atom. The Hall–Kier alpha value is -2.21. The Balaban J connectivity index is 1.90. The molecule has 0 saturated heterocycles. The SMILES string of the molecule is O=C([O-])Cc1csc(CNC(=O)c2ccccc2)n1. The number of carbonyl (C=O) groups excluding carboxylic acids is 2. The molecule has 2 rings (SSSR count). The number of carboxylic acids is 1. The summed E-state index contributed by atoms with van der Waals surface area (Å²) < 4.78 is 0. The Labute approximate surface area is 113 Å². The number of rotatable bonds is 5. The number of nitrogens with one attached hydrogen (secondary N) is 1. The molecule has 1 amide bonds. The predicted octanol–water partition coefficient (Wildman–Crippen LogP) is 0.365. The summed E-state index contributed by atoms with van der Waals surface area (Å²) in [6, 6.07) is 8.85. The lowest BCUT2D eigenvalue weighted by Gasteiger charge is -2.02. The van der Waals surface area contributed by atoms with Crippen LogP contribution in [0, 0.1) is 0 Å². The van der Waals surface area contributed by atoms with Gasteiger partial charge >= 0.3 is 0 Å². The molecule has 0 saturated carbocycles. The zero-order valence-corrected chi connectivity index (χ0v) is 10.8. The number of carbonyl (C=O) groups is 2. The molecule has 1 aromatic heterocycles. The third kappa shape index (κ3) is 3.89. The van der Waals surface area contributed by atoms with E-state index in [4.69, 9.17) is 0 Å². The van der Waals surface area contributed by atoms with Crippen molar-refractivity contribution in [3.05, 3.63) is 52.0 Å². The molecule has 1 N–H and O–H groups in total. The highest BCUT2D eigenvalue weighted by molar-refractivity contribution is 7.09. The van der Waals surface area contributed by atoms with Crippen molar-refractivity contribution in [2.75, 3.05) is 0 Å². The first kappa shape index (κ1) is 13.2. The number of hydrogen-bond acceptors (Lipinski definition) is 5. The number of nitrogens with zero attached hydrogens (tertiary/aromatic N) is 1. The van der Waals surface area contributed by atoms with E-state index in [-0.39, 0.29) is 18.9 Å². The quantitative estimate of drug-likeness (QED) is 0.854. The van der Waals surface area contributed by atoms with Crippen LogP contribution in [0.5, 0.6) is 0 Å². The first-order chi connectivity index (χ1) is 9.15. The van der Waals surface area contributed by atoms with Gasteiger partial charge in [0.05, 0.1) is 12.2 Å². The average Bonchev–Trinajstić information content (AvgIpc) is 2.84. The average molecular weight is 275 g/mol. The van der Waals surface area contributed by atoms with E-state index in [2.05, 4.69) is 10.3 Å². The summed E-state index contributed by atoms with van der Waals surface area (Å²) in [6.45, 7) is 0.283. The van der Waals surface area contributed by atoms with Gasteiger partial charge < -0.3 is 15.2 Å². The van der Waals surface area contributed by atoms with Crippen molar-refractivity contribution < 1.29 is 14.7 Å². The number of benzene rings is 1. The Bertz CT molecular complexity index is 581. The highest BCUT2D eigenvalue weighted by Gasteiger charge is 2.06. The van der Waals surface area contributed by atoms with Gasteiger partial charge in [-0.05, 0) is 12.1 Å². The van der Waals surface area contributed by atoms with Crippen LogP contribution in [0.25, 0.3) is 0 Å². The molecule has 0 fully saturated rings. The van der Waals surface area contributed by atoms with E-state index < -0.39 is 5.97 Å². The van der Waals surface area contributed by atoms with E-state index in [0.717, 1.165) is 0 Å². The van der Waals surface area contributed by atoms with Crippen molar-refractivity contribution in [1.82, 2.24) is 10.3 Å². The van der Waals surface area contributed by atoms with Crippen LogP contribution < -0.4 is 10.4 Å². The van der Waals surface area contributed by atoms with Gasteiger partial charge in [-0.15, -0.1) is 11.3 Å². The number of hydrogen-bond donors (Lipinski definition) is 1. The molecular weight excluding hydrogens is 264 g/mol. The summed E-state index contributed by atoms with van der Waals surface area (Å²) in [5.74, 6) is -1.34. The minimum atomic E-state index is -1.16. The molecule has 5 nitrogen and oxygen atoms in total. The summed E-state index contributed by atoms with van der Waals surface area (Å²) >= 11 is 1.31. The van der Waals surface area contributed by atoms with Crippen LogP contribution in [-0.2, 0) is 17.8 Å². The van der Waals surface area contributed by atoms with Crippen molar-refractivity contribution in [1.29, 1.82) is 0 Å². The summed E-state index contributed by atoms with van der Waals surface area (Å²) in [5, 5.41) is 15.5. The van der Waals surface area contributed by atoms with Gasteiger partial charge in [-0.3, -0.25) is 4.79 Å². The summed E-state index contributed by atoms with van der Waals surface area (Å²) in [5.41, 5.74) is 1.03. The van der Waals surface area contributed by atoms with Crippen LogP contribution in [0.1, 0.15) is 21.1 Å². The molecule has 0 unspecified atom stereocenters. The highest BCUT2D eigenvalue weighted by atomic mass is 32.1. The topological polar surface area (TPSA) is 82.1 Å². The van der Waals surface area contributed by atoms with Crippen LogP contribution in [0.3, 0.4) is 0 Å². The lowest BCUT2D eigenvalue weighted by Crippen LogP contribution is -2.25. The first-order valence-corrected chi connectivity index (χ1v) is 6.49. The maximum absolute atomic E-state index is 11.8. The standard InChI is InChI=1S/C13H12N2O3S/c16-12(17)6-10-8-19-11(15-10)7-14-13(18)9-4-2-1-3-5-9/h1-5,8H,6-7H2,(H,14,18)(H,16,17)/p-1. The lowest BCUT2D eigenvalue weighted by molar-refractivity contribution is -0.304. The number of aliphatic carboxylic acids is 1. The fourth-order valence-electron chi connectivity index (χ4n) is 1.51. The number of amides is 1. The second-order valence-corrected chi connectivity index (χ2v) is 4.77. The van der Waals surface area contributed by atoms with Crippen LogP contribution >= 0.6 is 11.3 Å². The smallest absolute Gasteiger partial charge is 0.251 e. The molecule has 19 heavy (non-hydrogen) atoms. The van der Waals surface area contributed by atoms with Gasteiger partial charge in [0.1, 0.15) is 5.01 Å². The van der Waals surface area contributed by atoms with Crippen molar-refractivity contribution in [3.63, 3.8) is 0 Å². The van der Waals surface area contributed by atoms with Crippen molar-refractivity contribution >= 4 is 23.2 Å². The summed E-state index contributed by atoms with van der Waals surface area (Å²) in [6.07, 6.45) is -0.205. The molecule has 0 aliphatic carbocycles. The summed E-state index contributed by atoms with van der Waals surface area (Å²) in [4.78, 5) is 26.3. The van der Waals surface area contributed by atoms with Crippen LogP contribution in [0.4, 0.5) is 0 Å².